The van der Waals surface area contributed by atoms with Gasteiger partial charge in [0.1, 0.15) is 12.4 Å². The smallest absolute Gasteiger partial charge is 0.119 e. The van der Waals surface area contributed by atoms with Gasteiger partial charge in [-0.1, -0.05) is 24.3 Å². The van der Waals surface area contributed by atoms with Gasteiger partial charge in [0.15, 0.2) is 0 Å². The van der Waals surface area contributed by atoms with Crippen molar-refractivity contribution < 1.29 is 4.74 Å². The van der Waals surface area contributed by atoms with Gasteiger partial charge in [0, 0.05) is 12.7 Å². The molecule has 5 heteroatoms. The lowest BCUT2D eigenvalue weighted by molar-refractivity contribution is 0.289. The molecule has 0 radical (unpaired) electrons. The highest BCUT2D eigenvalue weighted by molar-refractivity contribution is 5.28. The number of nitrogens with two attached hydrogens (primary N) is 1. The van der Waals surface area contributed by atoms with Crippen molar-refractivity contribution in [2.75, 3.05) is 6.61 Å². The molecule has 2 aromatic rings. The van der Waals surface area contributed by atoms with E-state index in [-0.39, 0.29) is 0 Å². The normalized spacial score (nSPS) is 10.6. The zero-order valence-corrected chi connectivity index (χ0v) is 10.5. The summed E-state index contributed by atoms with van der Waals surface area (Å²) in [6, 6.07) is 8.13. The van der Waals surface area contributed by atoms with Crippen molar-refractivity contribution in [2.45, 2.75) is 26.4 Å². The topological polar surface area (TPSA) is 66.0 Å². The predicted octanol–water partition coefficient (Wildman–Crippen LogP) is 1.38. The van der Waals surface area contributed by atoms with Crippen LogP contribution in [0.3, 0.4) is 0 Å². The third kappa shape index (κ3) is 3.30. The molecule has 0 spiro atoms. The van der Waals surface area contributed by atoms with E-state index in [1.807, 2.05) is 18.3 Å². The first-order chi connectivity index (χ1) is 8.81. The zero-order chi connectivity index (χ0) is 12.8. The van der Waals surface area contributed by atoms with Crippen molar-refractivity contribution in [3.8, 4) is 5.75 Å². The van der Waals surface area contributed by atoms with Gasteiger partial charge in [0.2, 0.25) is 0 Å². The average Bonchev–Trinajstić information content (AvgIpc) is 2.87. The van der Waals surface area contributed by atoms with Crippen LogP contribution in [0.1, 0.15) is 18.2 Å². The summed E-state index contributed by atoms with van der Waals surface area (Å²) in [7, 11) is 0. The van der Waals surface area contributed by atoms with Gasteiger partial charge < -0.3 is 10.5 Å². The maximum absolute atomic E-state index is 5.68. The first kappa shape index (κ1) is 12.6. The molecule has 0 saturated heterocycles. The molecule has 0 amide bonds. The lowest BCUT2D eigenvalue weighted by atomic mass is 10.2. The molecule has 0 fully saturated rings. The highest BCUT2D eigenvalue weighted by Crippen LogP contribution is 2.13. The zero-order valence-electron chi connectivity index (χ0n) is 10.5. The van der Waals surface area contributed by atoms with E-state index in [4.69, 9.17) is 10.5 Å². The van der Waals surface area contributed by atoms with Crippen molar-refractivity contribution >= 4 is 0 Å². The Morgan fingerprint density at radius 3 is 3.00 bits per heavy atom. The summed E-state index contributed by atoms with van der Waals surface area (Å²) in [5.74, 6) is 0.897. The molecule has 18 heavy (non-hydrogen) atoms. The van der Waals surface area contributed by atoms with Gasteiger partial charge in [-0.05, 0) is 24.1 Å². The molecule has 2 rings (SSSR count). The van der Waals surface area contributed by atoms with E-state index >= 15 is 0 Å². The van der Waals surface area contributed by atoms with Crippen molar-refractivity contribution in [3.05, 3.63) is 41.7 Å². The second-order valence-electron chi connectivity index (χ2n) is 4.03. The molecule has 0 aliphatic carbocycles. The number of rotatable bonds is 6. The van der Waals surface area contributed by atoms with Crippen LogP contribution < -0.4 is 10.5 Å². The fraction of sp³-hybridized carbons (Fsp3) is 0.385. The molecule has 1 aromatic heterocycles. The van der Waals surface area contributed by atoms with E-state index < -0.39 is 0 Å². The fourth-order valence-electron chi connectivity index (χ4n) is 1.65. The van der Waals surface area contributed by atoms with E-state index in [0.29, 0.717) is 19.7 Å². The molecule has 1 heterocycles. The highest BCUT2D eigenvalue weighted by Gasteiger charge is 1.99. The molecule has 0 aliphatic heterocycles. The van der Waals surface area contributed by atoms with Gasteiger partial charge in [0.25, 0.3) is 0 Å². The standard InChI is InChI=1S/C13H18N4O/c1-2-11-4-3-5-13(8-11)18-7-6-17-10-12(9-14)15-16-17/h3-5,8,10H,2,6-7,9,14H2,1H3. The maximum Gasteiger partial charge on any atom is 0.119 e. The number of ether oxygens (including phenoxy) is 1. The summed E-state index contributed by atoms with van der Waals surface area (Å²) in [5, 5.41) is 7.88. The summed E-state index contributed by atoms with van der Waals surface area (Å²) >= 11 is 0. The van der Waals surface area contributed by atoms with Gasteiger partial charge in [-0.25, -0.2) is 4.68 Å². The van der Waals surface area contributed by atoms with Crippen molar-refractivity contribution in [1.29, 1.82) is 0 Å². The fourth-order valence-corrected chi connectivity index (χ4v) is 1.65. The number of hydrogen-bond donors (Lipinski definition) is 1. The molecular formula is C13H18N4O. The number of aryl methyl sites for hydroxylation is 1. The summed E-state index contributed by atoms with van der Waals surface area (Å²) in [4.78, 5) is 0. The monoisotopic (exact) mass is 246 g/mol. The SMILES string of the molecule is CCc1cccc(OCCn2cc(CN)nn2)c1. The molecule has 96 valence electrons. The van der Waals surface area contributed by atoms with Gasteiger partial charge in [-0.2, -0.15) is 0 Å². The number of benzene rings is 1. The van der Waals surface area contributed by atoms with Crippen LogP contribution in [0.2, 0.25) is 0 Å². The van der Waals surface area contributed by atoms with Gasteiger partial charge >= 0.3 is 0 Å². The molecule has 0 saturated carbocycles. The molecule has 0 bridgehead atoms. The average molecular weight is 246 g/mol. The van der Waals surface area contributed by atoms with Gasteiger partial charge in [0.05, 0.1) is 12.2 Å². The van der Waals surface area contributed by atoms with E-state index in [9.17, 15) is 0 Å². The minimum Gasteiger partial charge on any atom is -0.492 e. The van der Waals surface area contributed by atoms with Crippen LogP contribution in [-0.2, 0) is 19.5 Å². The summed E-state index contributed by atoms with van der Waals surface area (Å²) in [6.07, 6.45) is 2.85. The van der Waals surface area contributed by atoms with Crippen molar-refractivity contribution in [1.82, 2.24) is 15.0 Å². The predicted molar refractivity (Wildman–Crippen MR) is 69.2 cm³/mol. The summed E-state index contributed by atoms with van der Waals surface area (Å²) in [6.45, 7) is 3.78. The largest absolute Gasteiger partial charge is 0.492 e. The number of hydrogen-bond acceptors (Lipinski definition) is 4. The third-order valence-electron chi connectivity index (χ3n) is 2.69. The van der Waals surface area contributed by atoms with Crippen LogP contribution in [0.4, 0.5) is 0 Å². The molecule has 1 aromatic carbocycles. The Bertz CT molecular complexity index is 495. The minimum atomic E-state index is 0.416. The molecule has 0 unspecified atom stereocenters. The Hall–Kier alpha value is -1.88. The van der Waals surface area contributed by atoms with E-state index in [1.165, 1.54) is 5.56 Å². The molecule has 0 atom stereocenters. The highest BCUT2D eigenvalue weighted by atomic mass is 16.5. The Labute approximate surface area is 107 Å². The third-order valence-corrected chi connectivity index (χ3v) is 2.69. The van der Waals surface area contributed by atoms with Crippen LogP contribution in [-0.4, -0.2) is 21.6 Å². The van der Waals surface area contributed by atoms with E-state index in [2.05, 4.69) is 29.4 Å². The van der Waals surface area contributed by atoms with E-state index in [1.54, 1.807) is 4.68 Å². The first-order valence-electron chi connectivity index (χ1n) is 6.12. The van der Waals surface area contributed by atoms with E-state index in [0.717, 1.165) is 17.9 Å². The van der Waals surface area contributed by atoms with Gasteiger partial charge in [-0.15, -0.1) is 5.10 Å². The summed E-state index contributed by atoms with van der Waals surface area (Å²) in [5.41, 5.74) is 7.54. The lowest BCUT2D eigenvalue weighted by Gasteiger charge is -2.07. The Morgan fingerprint density at radius 2 is 2.28 bits per heavy atom. The quantitative estimate of drug-likeness (QED) is 0.836. The Morgan fingerprint density at radius 1 is 1.39 bits per heavy atom. The van der Waals surface area contributed by atoms with Crippen LogP contribution in [0.5, 0.6) is 5.75 Å². The Kier molecular flexibility index (Phi) is 4.30. The van der Waals surface area contributed by atoms with Crippen LogP contribution >= 0.6 is 0 Å². The van der Waals surface area contributed by atoms with Crippen LogP contribution in [0.25, 0.3) is 0 Å². The number of aromatic nitrogens is 3. The van der Waals surface area contributed by atoms with Crippen LogP contribution in [0, 0.1) is 0 Å². The Balaban J connectivity index is 1.84. The first-order valence-corrected chi connectivity index (χ1v) is 6.12. The molecule has 0 aliphatic rings. The summed E-state index contributed by atoms with van der Waals surface area (Å²) < 4.78 is 7.42. The van der Waals surface area contributed by atoms with Crippen molar-refractivity contribution in [3.63, 3.8) is 0 Å². The van der Waals surface area contributed by atoms with Crippen LogP contribution in [0.15, 0.2) is 30.5 Å². The van der Waals surface area contributed by atoms with Crippen molar-refractivity contribution in [2.24, 2.45) is 5.73 Å². The number of nitrogens with zero attached hydrogens (tertiary/aromatic N) is 3. The molecular weight excluding hydrogens is 228 g/mol. The maximum atomic E-state index is 5.68. The minimum absolute atomic E-state index is 0.416. The molecule has 5 nitrogen and oxygen atoms in total. The van der Waals surface area contributed by atoms with Gasteiger partial charge in [-0.3, -0.25) is 0 Å². The second-order valence-corrected chi connectivity index (χ2v) is 4.03. The lowest BCUT2D eigenvalue weighted by Crippen LogP contribution is -2.08. The second kappa shape index (κ2) is 6.16. The molecule has 2 N–H and O–H groups in total.